The number of hydrazine groups is 1. The lowest BCUT2D eigenvalue weighted by atomic mass is 10.1. The van der Waals surface area contributed by atoms with Gasteiger partial charge in [-0.2, -0.15) is 5.10 Å². The Labute approximate surface area is 144 Å². The monoisotopic (exact) mass is 332 g/mol. The summed E-state index contributed by atoms with van der Waals surface area (Å²) in [5, 5.41) is 5.73. The Morgan fingerprint density at radius 3 is 2.84 bits per heavy atom. The second-order valence-electron chi connectivity index (χ2n) is 6.50. The highest BCUT2D eigenvalue weighted by molar-refractivity contribution is 6.05. The number of carbonyl (C=O) groups excluding carboxylic acids is 1. The van der Waals surface area contributed by atoms with Crippen molar-refractivity contribution in [1.82, 2.24) is 19.7 Å². The van der Waals surface area contributed by atoms with E-state index in [0.29, 0.717) is 29.0 Å². The SMILES string of the molecule is NN(C(=O)c1nn(-c2cnccn2)c2c1C[C@H]1C[C@@H]21)c1ccccc1. The van der Waals surface area contributed by atoms with E-state index >= 15 is 0 Å². The summed E-state index contributed by atoms with van der Waals surface area (Å²) in [4.78, 5) is 21.4. The van der Waals surface area contributed by atoms with Crippen LogP contribution in [0.2, 0.25) is 0 Å². The fraction of sp³-hybridized carbons (Fsp3) is 0.222. The van der Waals surface area contributed by atoms with Gasteiger partial charge in [0, 0.05) is 23.9 Å². The number of benzene rings is 1. The second-order valence-corrected chi connectivity index (χ2v) is 6.50. The number of carbonyl (C=O) groups is 1. The van der Waals surface area contributed by atoms with E-state index in [2.05, 4.69) is 15.1 Å². The lowest BCUT2D eigenvalue weighted by Gasteiger charge is -2.15. The molecule has 2 aromatic heterocycles. The highest BCUT2D eigenvalue weighted by Crippen LogP contribution is 2.57. The molecule has 0 spiro atoms. The van der Waals surface area contributed by atoms with Crippen LogP contribution in [-0.4, -0.2) is 25.7 Å². The van der Waals surface area contributed by atoms with Gasteiger partial charge in [-0.05, 0) is 30.9 Å². The number of aromatic nitrogens is 4. The van der Waals surface area contributed by atoms with Gasteiger partial charge in [0.2, 0.25) is 0 Å². The topological polar surface area (TPSA) is 89.9 Å². The van der Waals surface area contributed by atoms with Gasteiger partial charge in [0.05, 0.1) is 17.6 Å². The molecule has 5 rings (SSSR count). The van der Waals surface area contributed by atoms with E-state index in [0.717, 1.165) is 29.1 Å². The number of anilines is 1. The molecule has 0 radical (unpaired) electrons. The number of fused-ring (bicyclic) bond motifs is 3. The summed E-state index contributed by atoms with van der Waals surface area (Å²) in [5.41, 5.74) is 3.15. The van der Waals surface area contributed by atoms with E-state index in [1.54, 1.807) is 35.4 Å². The Morgan fingerprint density at radius 1 is 1.24 bits per heavy atom. The summed E-state index contributed by atoms with van der Waals surface area (Å²) < 4.78 is 1.77. The minimum absolute atomic E-state index is 0.300. The summed E-state index contributed by atoms with van der Waals surface area (Å²) in [6, 6.07) is 9.18. The summed E-state index contributed by atoms with van der Waals surface area (Å²) in [6.45, 7) is 0. The predicted molar refractivity (Wildman–Crippen MR) is 91.1 cm³/mol. The van der Waals surface area contributed by atoms with Gasteiger partial charge >= 0.3 is 0 Å². The highest BCUT2D eigenvalue weighted by atomic mass is 16.2. The third-order valence-electron chi connectivity index (χ3n) is 4.99. The van der Waals surface area contributed by atoms with Crippen molar-refractivity contribution in [2.75, 3.05) is 5.01 Å². The fourth-order valence-electron chi connectivity index (χ4n) is 3.68. The molecular weight excluding hydrogens is 316 g/mol. The van der Waals surface area contributed by atoms with Crippen LogP contribution in [0.15, 0.2) is 48.9 Å². The maximum Gasteiger partial charge on any atom is 0.293 e. The second kappa shape index (κ2) is 5.22. The zero-order valence-corrected chi connectivity index (χ0v) is 13.4. The van der Waals surface area contributed by atoms with Gasteiger partial charge in [-0.1, -0.05) is 18.2 Å². The van der Waals surface area contributed by atoms with Gasteiger partial charge in [-0.15, -0.1) is 0 Å². The molecule has 1 aromatic carbocycles. The van der Waals surface area contributed by atoms with Crippen molar-refractivity contribution in [2.45, 2.75) is 18.8 Å². The van der Waals surface area contributed by atoms with Gasteiger partial charge in [0.25, 0.3) is 5.91 Å². The largest absolute Gasteiger partial charge is 0.293 e. The first-order valence-corrected chi connectivity index (χ1v) is 8.26. The molecule has 0 unspecified atom stereocenters. The average molecular weight is 332 g/mol. The predicted octanol–water partition coefficient (Wildman–Crippen LogP) is 1.84. The number of rotatable bonds is 3. The van der Waals surface area contributed by atoms with E-state index in [9.17, 15) is 4.79 Å². The van der Waals surface area contributed by atoms with E-state index < -0.39 is 0 Å². The Morgan fingerprint density at radius 2 is 2.08 bits per heavy atom. The molecule has 25 heavy (non-hydrogen) atoms. The minimum atomic E-state index is -0.300. The van der Waals surface area contributed by atoms with Gasteiger partial charge in [0.15, 0.2) is 11.5 Å². The van der Waals surface area contributed by atoms with Crippen molar-refractivity contribution >= 4 is 11.6 Å². The molecule has 1 saturated carbocycles. The first kappa shape index (κ1) is 14.3. The summed E-state index contributed by atoms with van der Waals surface area (Å²) in [5.74, 6) is 7.48. The number of amides is 1. The number of nitrogens with two attached hydrogens (primary N) is 1. The quantitative estimate of drug-likeness (QED) is 0.449. The first-order valence-electron chi connectivity index (χ1n) is 8.26. The maximum atomic E-state index is 13.0. The molecule has 0 saturated heterocycles. The molecule has 0 aliphatic heterocycles. The summed E-state index contributed by atoms with van der Waals surface area (Å²) >= 11 is 0. The standard InChI is InChI=1S/C18H16N6O/c19-23(12-4-2-1-3-5-12)18(25)16-14-9-11-8-13(11)17(14)24(22-16)15-10-20-6-7-21-15/h1-7,10-11,13H,8-9,19H2/t11-,13-/m1/s1. The van der Waals surface area contributed by atoms with Gasteiger partial charge in [-0.25, -0.2) is 20.5 Å². The Bertz CT molecular complexity index is 952. The molecule has 2 aliphatic carbocycles. The van der Waals surface area contributed by atoms with Crippen molar-refractivity contribution in [3.63, 3.8) is 0 Å². The zero-order chi connectivity index (χ0) is 17.0. The fourth-order valence-corrected chi connectivity index (χ4v) is 3.68. The van der Waals surface area contributed by atoms with Crippen LogP contribution in [0.5, 0.6) is 0 Å². The van der Waals surface area contributed by atoms with Crippen molar-refractivity contribution in [2.24, 2.45) is 11.8 Å². The number of para-hydroxylation sites is 1. The molecule has 7 heteroatoms. The van der Waals surface area contributed by atoms with Crippen LogP contribution in [0, 0.1) is 5.92 Å². The van der Waals surface area contributed by atoms with E-state index in [1.807, 2.05) is 18.2 Å². The van der Waals surface area contributed by atoms with Crippen LogP contribution in [-0.2, 0) is 6.42 Å². The molecule has 0 bridgehead atoms. The molecule has 2 atom stereocenters. The molecule has 2 heterocycles. The molecule has 7 nitrogen and oxygen atoms in total. The highest BCUT2D eigenvalue weighted by Gasteiger charge is 2.50. The number of nitrogens with zero attached hydrogens (tertiary/aromatic N) is 5. The lowest BCUT2D eigenvalue weighted by Crippen LogP contribution is -2.38. The van der Waals surface area contributed by atoms with Crippen molar-refractivity contribution in [1.29, 1.82) is 0 Å². The van der Waals surface area contributed by atoms with Gasteiger partial charge in [0.1, 0.15) is 0 Å². The number of hydrogen-bond acceptors (Lipinski definition) is 5. The average Bonchev–Trinajstić information content (AvgIpc) is 3.18. The van der Waals surface area contributed by atoms with Crippen LogP contribution < -0.4 is 10.9 Å². The summed E-state index contributed by atoms with van der Waals surface area (Å²) in [7, 11) is 0. The smallest absolute Gasteiger partial charge is 0.265 e. The first-order chi connectivity index (χ1) is 12.2. The lowest BCUT2D eigenvalue weighted by molar-refractivity contribution is 0.0980. The normalized spacial score (nSPS) is 20.0. The van der Waals surface area contributed by atoms with Gasteiger partial charge in [-0.3, -0.25) is 9.78 Å². The van der Waals surface area contributed by atoms with Gasteiger partial charge < -0.3 is 0 Å². The molecule has 2 aliphatic rings. The third-order valence-corrected chi connectivity index (χ3v) is 4.99. The third kappa shape index (κ3) is 2.16. The van der Waals surface area contributed by atoms with Crippen LogP contribution in [0.4, 0.5) is 5.69 Å². The Kier molecular flexibility index (Phi) is 2.98. The Hall–Kier alpha value is -3.06. The molecule has 124 valence electrons. The molecule has 1 amide bonds. The molecule has 3 aromatic rings. The minimum Gasteiger partial charge on any atom is -0.265 e. The van der Waals surface area contributed by atoms with E-state index in [1.165, 1.54) is 0 Å². The molecule has 2 N–H and O–H groups in total. The maximum absolute atomic E-state index is 13.0. The zero-order valence-electron chi connectivity index (χ0n) is 13.4. The Balaban J connectivity index is 1.59. The van der Waals surface area contributed by atoms with Crippen LogP contribution in [0.25, 0.3) is 5.82 Å². The van der Waals surface area contributed by atoms with Crippen LogP contribution in [0.3, 0.4) is 0 Å². The number of hydrogen-bond donors (Lipinski definition) is 1. The van der Waals surface area contributed by atoms with E-state index in [4.69, 9.17) is 5.84 Å². The van der Waals surface area contributed by atoms with Crippen LogP contribution in [0.1, 0.15) is 34.1 Å². The molecular formula is C18H16N6O. The van der Waals surface area contributed by atoms with Crippen molar-refractivity contribution in [3.05, 3.63) is 65.9 Å². The molecule has 1 fully saturated rings. The van der Waals surface area contributed by atoms with Crippen molar-refractivity contribution in [3.8, 4) is 5.82 Å². The van der Waals surface area contributed by atoms with Crippen LogP contribution >= 0.6 is 0 Å². The summed E-state index contributed by atoms with van der Waals surface area (Å²) in [6.07, 6.45) is 6.94. The van der Waals surface area contributed by atoms with E-state index in [-0.39, 0.29) is 5.91 Å². The van der Waals surface area contributed by atoms with Crippen molar-refractivity contribution < 1.29 is 4.79 Å².